The molecule has 0 fully saturated rings. The highest BCUT2D eigenvalue weighted by Gasteiger charge is 2.17. The zero-order valence-electron chi connectivity index (χ0n) is 11.1. The smallest absolute Gasteiger partial charge is 0.305 e. The molecule has 0 aliphatic carbocycles. The number of carboxylic acids is 1. The Morgan fingerprint density at radius 1 is 1.26 bits per heavy atom. The highest BCUT2D eigenvalue weighted by Crippen LogP contribution is 2.13. The molecule has 19 heavy (non-hydrogen) atoms. The molecule has 0 aromatic heterocycles. The second kappa shape index (κ2) is 7.14. The Kier molecular flexibility index (Phi) is 5.83. The second-order valence-corrected chi connectivity index (χ2v) is 5.23. The van der Waals surface area contributed by atoms with E-state index in [1.54, 1.807) is 29.2 Å². The summed E-state index contributed by atoms with van der Waals surface area (Å²) < 4.78 is 0. The molecule has 1 aromatic carbocycles. The molecule has 0 atom stereocenters. The van der Waals surface area contributed by atoms with Gasteiger partial charge in [0.25, 0.3) is 5.91 Å². The van der Waals surface area contributed by atoms with Crippen molar-refractivity contribution in [1.29, 1.82) is 0 Å². The third-order valence-electron chi connectivity index (χ3n) is 2.56. The van der Waals surface area contributed by atoms with Crippen LogP contribution in [0.25, 0.3) is 0 Å². The summed E-state index contributed by atoms with van der Waals surface area (Å²) in [6.07, 6.45) is -0.0496. The fraction of sp³-hybridized carbons (Fsp3) is 0.429. The maximum absolute atomic E-state index is 12.3. The summed E-state index contributed by atoms with van der Waals surface area (Å²) in [6.45, 7) is 4.73. The monoisotopic (exact) mass is 283 g/mol. The van der Waals surface area contributed by atoms with E-state index in [2.05, 4.69) is 0 Å². The van der Waals surface area contributed by atoms with Crippen molar-refractivity contribution in [1.82, 2.24) is 4.90 Å². The predicted molar refractivity (Wildman–Crippen MR) is 74.4 cm³/mol. The lowest BCUT2D eigenvalue weighted by atomic mass is 10.1. The SMILES string of the molecule is CC(C)CN(CCC(=O)O)C(=O)c1ccc(Cl)cc1. The second-order valence-electron chi connectivity index (χ2n) is 4.80. The quantitative estimate of drug-likeness (QED) is 0.873. The lowest BCUT2D eigenvalue weighted by Crippen LogP contribution is -2.35. The number of hydrogen-bond donors (Lipinski definition) is 1. The van der Waals surface area contributed by atoms with Gasteiger partial charge in [-0.25, -0.2) is 0 Å². The molecule has 0 heterocycles. The minimum atomic E-state index is -0.905. The maximum Gasteiger partial charge on any atom is 0.305 e. The van der Waals surface area contributed by atoms with Crippen LogP contribution < -0.4 is 0 Å². The van der Waals surface area contributed by atoms with Crippen LogP contribution in [-0.2, 0) is 4.79 Å². The van der Waals surface area contributed by atoms with E-state index in [1.807, 2.05) is 13.8 Å². The van der Waals surface area contributed by atoms with Crippen LogP contribution in [0, 0.1) is 5.92 Å². The number of rotatable bonds is 6. The summed E-state index contributed by atoms with van der Waals surface area (Å²) in [5.74, 6) is -0.783. The summed E-state index contributed by atoms with van der Waals surface area (Å²) in [5, 5.41) is 9.30. The molecular formula is C14H18ClNO3. The molecule has 0 saturated heterocycles. The minimum absolute atomic E-state index is 0.0496. The lowest BCUT2D eigenvalue weighted by Gasteiger charge is -2.24. The maximum atomic E-state index is 12.3. The zero-order valence-corrected chi connectivity index (χ0v) is 11.9. The Balaban J connectivity index is 2.80. The molecule has 104 valence electrons. The van der Waals surface area contributed by atoms with Crippen LogP contribution in [0.2, 0.25) is 5.02 Å². The molecule has 0 radical (unpaired) electrons. The number of hydrogen-bond acceptors (Lipinski definition) is 2. The van der Waals surface area contributed by atoms with Gasteiger partial charge in [-0.1, -0.05) is 25.4 Å². The molecular weight excluding hydrogens is 266 g/mol. The van der Waals surface area contributed by atoms with Gasteiger partial charge in [0, 0.05) is 23.7 Å². The Morgan fingerprint density at radius 3 is 2.32 bits per heavy atom. The number of carbonyl (C=O) groups excluding carboxylic acids is 1. The van der Waals surface area contributed by atoms with Crippen LogP contribution in [0.4, 0.5) is 0 Å². The first-order chi connectivity index (χ1) is 8.90. The van der Waals surface area contributed by atoms with Crippen molar-refractivity contribution in [3.8, 4) is 0 Å². The van der Waals surface area contributed by atoms with E-state index < -0.39 is 5.97 Å². The van der Waals surface area contributed by atoms with E-state index >= 15 is 0 Å². The summed E-state index contributed by atoms with van der Waals surface area (Å²) in [5.41, 5.74) is 0.524. The van der Waals surface area contributed by atoms with Crippen molar-refractivity contribution in [3.05, 3.63) is 34.9 Å². The summed E-state index contributed by atoms with van der Waals surface area (Å²) >= 11 is 5.78. The van der Waals surface area contributed by atoms with Crippen molar-refractivity contribution in [3.63, 3.8) is 0 Å². The Hall–Kier alpha value is -1.55. The number of aliphatic carboxylic acids is 1. The normalized spacial score (nSPS) is 10.5. The summed E-state index contributed by atoms with van der Waals surface area (Å²) in [4.78, 5) is 24.5. The van der Waals surface area contributed by atoms with Crippen LogP contribution in [0.3, 0.4) is 0 Å². The fourth-order valence-electron chi connectivity index (χ4n) is 1.72. The van der Waals surface area contributed by atoms with Crippen molar-refractivity contribution < 1.29 is 14.7 Å². The molecule has 1 amide bonds. The topological polar surface area (TPSA) is 57.6 Å². The third kappa shape index (κ3) is 5.30. The van der Waals surface area contributed by atoms with Crippen molar-refractivity contribution in [2.45, 2.75) is 20.3 Å². The highest BCUT2D eigenvalue weighted by atomic mass is 35.5. The first-order valence-corrected chi connectivity index (χ1v) is 6.54. The number of nitrogens with zero attached hydrogens (tertiary/aromatic N) is 1. The lowest BCUT2D eigenvalue weighted by molar-refractivity contribution is -0.137. The average Bonchev–Trinajstić information content (AvgIpc) is 2.34. The minimum Gasteiger partial charge on any atom is -0.481 e. The molecule has 1 rings (SSSR count). The number of carbonyl (C=O) groups is 2. The fourth-order valence-corrected chi connectivity index (χ4v) is 1.85. The van der Waals surface area contributed by atoms with E-state index in [0.29, 0.717) is 17.1 Å². The van der Waals surface area contributed by atoms with Gasteiger partial charge in [-0.05, 0) is 30.2 Å². The van der Waals surface area contributed by atoms with Gasteiger partial charge in [0.1, 0.15) is 0 Å². The molecule has 0 spiro atoms. The average molecular weight is 284 g/mol. The van der Waals surface area contributed by atoms with Crippen LogP contribution in [-0.4, -0.2) is 35.0 Å². The number of amides is 1. The predicted octanol–water partition coefficient (Wildman–Crippen LogP) is 2.91. The molecule has 5 heteroatoms. The van der Waals surface area contributed by atoms with Crippen molar-refractivity contribution in [2.75, 3.05) is 13.1 Å². The van der Waals surface area contributed by atoms with Gasteiger partial charge >= 0.3 is 5.97 Å². The van der Waals surface area contributed by atoms with Gasteiger partial charge in [0.05, 0.1) is 6.42 Å². The molecule has 0 unspecified atom stereocenters. The van der Waals surface area contributed by atoms with Gasteiger partial charge < -0.3 is 10.0 Å². The van der Waals surface area contributed by atoms with Gasteiger partial charge in [0.2, 0.25) is 0 Å². The molecule has 1 aromatic rings. The molecule has 0 aliphatic heterocycles. The Labute approximate surface area is 118 Å². The first kappa shape index (κ1) is 15.5. The van der Waals surface area contributed by atoms with E-state index in [-0.39, 0.29) is 24.8 Å². The van der Waals surface area contributed by atoms with Crippen LogP contribution in [0.1, 0.15) is 30.6 Å². The largest absolute Gasteiger partial charge is 0.481 e. The molecule has 4 nitrogen and oxygen atoms in total. The van der Waals surface area contributed by atoms with Gasteiger partial charge in [-0.3, -0.25) is 9.59 Å². The molecule has 0 bridgehead atoms. The number of carboxylic acid groups (broad SMARTS) is 1. The molecule has 0 aliphatic rings. The van der Waals surface area contributed by atoms with Crippen molar-refractivity contribution in [2.24, 2.45) is 5.92 Å². The Morgan fingerprint density at radius 2 is 1.84 bits per heavy atom. The van der Waals surface area contributed by atoms with E-state index in [9.17, 15) is 9.59 Å². The van der Waals surface area contributed by atoms with Crippen LogP contribution in [0.15, 0.2) is 24.3 Å². The molecule has 1 N–H and O–H groups in total. The van der Waals surface area contributed by atoms with Gasteiger partial charge in [0.15, 0.2) is 0 Å². The van der Waals surface area contributed by atoms with Crippen molar-refractivity contribution >= 4 is 23.5 Å². The van der Waals surface area contributed by atoms with Gasteiger partial charge in [-0.15, -0.1) is 0 Å². The van der Waals surface area contributed by atoms with E-state index in [4.69, 9.17) is 16.7 Å². The van der Waals surface area contributed by atoms with Crippen LogP contribution >= 0.6 is 11.6 Å². The van der Waals surface area contributed by atoms with E-state index in [0.717, 1.165) is 0 Å². The standard InChI is InChI=1S/C14H18ClNO3/c1-10(2)9-16(8-7-13(17)18)14(19)11-3-5-12(15)6-4-11/h3-6,10H,7-9H2,1-2H3,(H,17,18). The molecule has 0 saturated carbocycles. The number of benzene rings is 1. The summed E-state index contributed by atoms with van der Waals surface area (Å²) in [6, 6.07) is 6.61. The third-order valence-corrected chi connectivity index (χ3v) is 2.81. The number of halogens is 1. The first-order valence-electron chi connectivity index (χ1n) is 6.16. The van der Waals surface area contributed by atoms with E-state index in [1.165, 1.54) is 0 Å². The Bertz CT molecular complexity index is 443. The highest BCUT2D eigenvalue weighted by molar-refractivity contribution is 6.30. The van der Waals surface area contributed by atoms with Gasteiger partial charge in [-0.2, -0.15) is 0 Å². The summed E-state index contributed by atoms with van der Waals surface area (Å²) in [7, 11) is 0. The zero-order chi connectivity index (χ0) is 14.4. The van der Waals surface area contributed by atoms with Crippen LogP contribution in [0.5, 0.6) is 0 Å².